The summed E-state index contributed by atoms with van der Waals surface area (Å²) in [6, 6.07) is 11.2. The summed E-state index contributed by atoms with van der Waals surface area (Å²) in [5, 5.41) is 0. The number of benzene rings is 2. The van der Waals surface area contributed by atoms with Crippen LogP contribution in [0.5, 0.6) is 0 Å². The van der Waals surface area contributed by atoms with Gasteiger partial charge in [0.05, 0.1) is 11.5 Å². The molecule has 0 heterocycles. The van der Waals surface area contributed by atoms with Gasteiger partial charge in [0, 0.05) is 23.0 Å². The molecule has 2 aromatic rings. The Hall–Kier alpha value is -3.49. The molecule has 1 saturated carbocycles. The number of carbonyl (C=O) groups excluding carboxylic acids is 2. The summed E-state index contributed by atoms with van der Waals surface area (Å²) in [4.78, 5) is 24.2. The summed E-state index contributed by atoms with van der Waals surface area (Å²) >= 11 is 0. The van der Waals surface area contributed by atoms with Crippen LogP contribution in [0.3, 0.4) is 0 Å². The van der Waals surface area contributed by atoms with Gasteiger partial charge in [0.2, 0.25) is 0 Å². The molecule has 33 heavy (non-hydrogen) atoms. The number of rotatable bonds is 6. The molecule has 176 valence electrons. The van der Waals surface area contributed by atoms with Crippen LogP contribution in [-0.4, -0.2) is 24.2 Å². The monoisotopic (exact) mass is 462 g/mol. The fraction of sp³-hybridized carbons (Fsp3) is 0.333. The molecule has 2 aromatic carbocycles. The Bertz CT molecular complexity index is 1010. The van der Waals surface area contributed by atoms with Crippen molar-refractivity contribution in [2.24, 2.45) is 5.92 Å². The van der Waals surface area contributed by atoms with Crippen molar-refractivity contribution < 1.29 is 32.2 Å². The Morgan fingerprint density at radius 1 is 1.00 bits per heavy atom. The van der Waals surface area contributed by atoms with Crippen molar-refractivity contribution in [1.82, 2.24) is 0 Å². The zero-order valence-electron chi connectivity index (χ0n) is 17.8. The van der Waals surface area contributed by atoms with E-state index < -0.39 is 30.1 Å². The van der Waals surface area contributed by atoms with E-state index in [0.717, 1.165) is 0 Å². The number of ether oxygens (including phenoxy) is 2. The second-order valence-corrected chi connectivity index (χ2v) is 7.94. The molecule has 9 heteroatoms. The predicted molar refractivity (Wildman–Crippen MR) is 118 cm³/mol. The molecular formula is C24H25F3N2O4. The number of nitrogens with two attached hydrogens (primary N) is 2. The average Bonchev–Trinajstić information content (AvgIpc) is 2.77. The maximum Gasteiger partial charge on any atom is 0.391 e. The van der Waals surface area contributed by atoms with Gasteiger partial charge in [-0.25, -0.2) is 9.59 Å². The second-order valence-electron chi connectivity index (χ2n) is 7.94. The SMILES string of the molecule is Nc1ccc(COC(=O)C=Cc2ccc(C(=O)OC3CCC(C(F)(F)F)CC3)cc2)c(N)c1. The minimum atomic E-state index is -4.20. The van der Waals surface area contributed by atoms with Gasteiger partial charge in [-0.15, -0.1) is 0 Å². The number of esters is 2. The highest BCUT2D eigenvalue weighted by Crippen LogP contribution is 2.38. The lowest BCUT2D eigenvalue weighted by Crippen LogP contribution is -2.31. The first-order valence-electron chi connectivity index (χ1n) is 10.5. The van der Waals surface area contributed by atoms with Crippen molar-refractivity contribution >= 4 is 29.4 Å². The molecule has 0 aromatic heterocycles. The smallest absolute Gasteiger partial charge is 0.391 e. The summed E-state index contributed by atoms with van der Waals surface area (Å²) in [6.45, 7) is 0.00491. The molecule has 0 bridgehead atoms. The largest absolute Gasteiger partial charge is 0.459 e. The van der Waals surface area contributed by atoms with Crippen LogP contribution < -0.4 is 11.5 Å². The molecule has 0 atom stereocenters. The molecule has 0 unspecified atom stereocenters. The van der Waals surface area contributed by atoms with Gasteiger partial charge in [0.1, 0.15) is 12.7 Å². The zero-order valence-corrected chi connectivity index (χ0v) is 17.8. The molecule has 1 aliphatic carbocycles. The van der Waals surface area contributed by atoms with E-state index >= 15 is 0 Å². The molecular weight excluding hydrogens is 437 g/mol. The first-order chi connectivity index (χ1) is 15.6. The number of hydrogen-bond donors (Lipinski definition) is 2. The summed E-state index contributed by atoms with van der Waals surface area (Å²) in [5.41, 5.74) is 14.0. The average molecular weight is 462 g/mol. The highest BCUT2D eigenvalue weighted by molar-refractivity contribution is 5.90. The summed E-state index contributed by atoms with van der Waals surface area (Å²) < 4.78 is 48.7. The van der Waals surface area contributed by atoms with Crippen molar-refractivity contribution in [3.8, 4) is 0 Å². The third-order valence-corrected chi connectivity index (χ3v) is 5.51. The summed E-state index contributed by atoms with van der Waals surface area (Å²) in [5.74, 6) is -2.47. The Morgan fingerprint density at radius 2 is 1.67 bits per heavy atom. The Balaban J connectivity index is 1.46. The number of halogens is 3. The highest BCUT2D eigenvalue weighted by atomic mass is 19.4. The van der Waals surface area contributed by atoms with Crippen LogP contribution in [0.25, 0.3) is 6.08 Å². The zero-order chi connectivity index (χ0) is 24.0. The van der Waals surface area contributed by atoms with E-state index in [2.05, 4.69) is 0 Å². The van der Waals surface area contributed by atoms with E-state index in [1.165, 1.54) is 24.3 Å². The number of alkyl halides is 3. The van der Waals surface area contributed by atoms with Crippen LogP contribution >= 0.6 is 0 Å². The van der Waals surface area contributed by atoms with Gasteiger partial charge >= 0.3 is 18.1 Å². The summed E-state index contributed by atoms with van der Waals surface area (Å²) in [6.07, 6.45) is -1.61. The standard InChI is InChI=1S/C24H25F3N2O4/c25-24(26,27)18-7-10-20(11-8-18)33-23(31)16-4-1-15(2-5-16)3-12-22(30)32-14-17-6-9-19(28)13-21(17)29/h1-6,9,12-13,18,20H,7-8,10-11,14,28-29H2. The van der Waals surface area contributed by atoms with E-state index in [0.29, 0.717) is 22.5 Å². The predicted octanol–water partition coefficient (Wildman–Crippen LogP) is 4.89. The molecule has 3 rings (SSSR count). The molecule has 0 aliphatic heterocycles. The highest BCUT2D eigenvalue weighted by Gasteiger charge is 2.42. The van der Waals surface area contributed by atoms with E-state index in [1.54, 1.807) is 30.3 Å². The molecule has 1 aliphatic rings. The molecule has 0 amide bonds. The van der Waals surface area contributed by atoms with Crippen molar-refractivity contribution in [2.45, 2.75) is 44.6 Å². The Morgan fingerprint density at radius 3 is 2.27 bits per heavy atom. The van der Waals surface area contributed by atoms with Crippen LogP contribution in [0.4, 0.5) is 24.5 Å². The van der Waals surface area contributed by atoms with Gasteiger partial charge in [0.25, 0.3) is 0 Å². The minimum Gasteiger partial charge on any atom is -0.459 e. The molecule has 0 radical (unpaired) electrons. The number of carbonyl (C=O) groups is 2. The normalized spacial score (nSPS) is 18.8. The van der Waals surface area contributed by atoms with Crippen molar-refractivity contribution in [2.75, 3.05) is 11.5 Å². The minimum absolute atomic E-state index is 0.00491. The first kappa shape index (κ1) is 24.2. The van der Waals surface area contributed by atoms with E-state index in [4.69, 9.17) is 20.9 Å². The van der Waals surface area contributed by atoms with Gasteiger partial charge in [-0.1, -0.05) is 18.2 Å². The first-order valence-corrected chi connectivity index (χ1v) is 10.5. The lowest BCUT2D eigenvalue weighted by atomic mass is 9.87. The lowest BCUT2D eigenvalue weighted by Gasteiger charge is -2.29. The van der Waals surface area contributed by atoms with Crippen molar-refractivity contribution in [3.63, 3.8) is 0 Å². The molecule has 1 fully saturated rings. The Labute approximate surface area is 189 Å². The van der Waals surface area contributed by atoms with Crippen LogP contribution in [0, 0.1) is 5.92 Å². The van der Waals surface area contributed by atoms with Crippen molar-refractivity contribution in [3.05, 3.63) is 65.2 Å². The topological polar surface area (TPSA) is 105 Å². The van der Waals surface area contributed by atoms with Crippen molar-refractivity contribution in [1.29, 1.82) is 0 Å². The third-order valence-electron chi connectivity index (χ3n) is 5.51. The molecule has 0 saturated heterocycles. The van der Waals surface area contributed by atoms with E-state index in [9.17, 15) is 22.8 Å². The third kappa shape index (κ3) is 7.00. The van der Waals surface area contributed by atoms with Crippen LogP contribution in [0.1, 0.15) is 47.2 Å². The fourth-order valence-corrected chi connectivity index (χ4v) is 3.56. The van der Waals surface area contributed by atoms with E-state index in [1.807, 2.05) is 0 Å². The molecule has 4 N–H and O–H groups in total. The number of anilines is 2. The van der Waals surface area contributed by atoms with Gasteiger partial charge in [-0.2, -0.15) is 13.2 Å². The van der Waals surface area contributed by atoms with E-state index in [-0.39, 0.29) is 37.9 Å². The number of hydrogen-bond acceptors (Lipinski definition) is 6. The maximum absolute atomic E-state index is 12.7. The second kappa shape index (κ2) is 10.4. The van der Waals surface area contributed by atoms with Crippen LogP contribution in [-0.2, 0) is 20.9 Å². The van der Waals surface area contributed by atoms with Crippen LogP contribution in [0.15, 0.2) is 48.5 Å². The summed E-state index contributed by atoms with van der Waals surface area (Å²) in [7, 11) is 0. The van der Waals surface area contributed by atoms with Gasteiger partial charge in [-0.3, -0.25) is 0 Å². The fourth-order valence-electron chi connectivity index (χ4n) is 3.56. The van der Waals surface area contributed by atoms with Gasteiger partial charge < -0.3 is 20.9 Å². The molecule has 6 nitrogen and oxygen atoms in total. The maximum atomic E-state index is 12.7. The Kier molecular flexibility index (Phi) is 7.63. The van der Waals surface area contributed by atoms with Crippen LogP contribution in [0.2, 0.25) is 0 Å². The quantitative estimate of drug-likeness (QED) is 0.360. The molecule has 0 spiro atoms. The number of nitrogen functional groups attached to an aromatic ring is 2. The van der Waals surface area contributed by atoms with Gasteiger partial charge in [-0.05, 0) is 61.6 Å². The lowest BCUT2D eigenvalue weighted by molar-refractivity contribution is -0.185. The van der Waals surface area contributed by atoms with Gasteiger partial charge in [0.15, 0.2) is 0 Å².